The molecule has 3 atom stereocenters. The van der Waals surface area contributed by atoms with Crippen LogP contribution in [0.5, 0.6) is 0 Å². The normalized spacial score (nSPS) is 13.8. The van der Waals surface area contributed by atoms with Crippen LogP contribution < -0.4 is 5.32 Å². The van der Waals surface area contributed by atoms with E-state index in [1.807, 2.05) is 0 Å². The molecule has 0 aliphatic rings. The van der Waals surface area contributed by atoms with E-state index in [9.17, 15) is 19.2 Å². The van der Waals surface area contributed by atoms with E-state index in [0.717, 1.165) is 16.3 Å². The third-order valence-electron chi connectivity index (χ3n) is 3.36. The summed E-state index contributed by atoms with van der Waals surface area (Å²) in [6.07, 6.45) is -2.61. The van der Waals surface area contributed by atoms with Crippen molar-refractivity contribution in [2.45, 2.75) is 50.2 Å². The number of ether oxygens (including phenoxy) is 4. The number of hydrogen-bond donors (Lipinski definition) is 2. The van der Waals surface area contributed by atoms with Crippen LogP contribution in [0.1, 0.15) is 26.7 Å². The quantitative estimate of drug-likeness (QED) is 0.160. The van der Waals surface area contributed by atoms with Gasteiger partial charge in [0.2, 0.25) is 22.2 Å². The Morgan fingerprint density at radius 2 is 1.70 bits per heavy atom. The van der Waals surface area contributed by atoms with Crippen molar-refractivity contribution in [2.24, 2.45) is 0 Å². The molecule has 154 valence electrons. The molecule has 0 spiro atoms. The van der Waals surface area contributed by atoms with E-state index in [-0.39, 0.29) is 38.6 Å². The predicted molar refractivity (Wildman–Crippen MR) is 95.5 cm³/mol. The zero-order chi connectivity index (χ0) is 20.8. The first-order chi connectivity index (χ1) is 12.7. The monoisotopic (exact) mass is 405 g/mol. The highest BCUT2D eigenvalue weighted by Gasteiger charge is 2.23. The summed E-state index contributed by atoms with van der Waals surface area (Å²) in [5, 5.41) is 12.4. The van der Waals surface area contributed by atoms with Crippen LogP contribution in [0.3, 0.4) is 0 Å². The van der Waals surface area contributed by atoms with Gasteiger partial charge >= 0.3 is 17.9 Å². The number of carbonyl (C=O) groups is 4. The molecule has 0 fully saturated rings. The minimum Gasteiger partial charge on any atom is -0.463 e. The van der Waals surface area contributed by atoms with Gasteiger partial charge in [-0.3, -0.25) is 9.59 Å². The van der Waals surface area contributed by atoms with E-state index in [1.54, 1.807) is 0 Å². The van der Waals surface area contributed by atoms with E-state index in [4.69, 9.17) is 24.1 Å². The smallest absolute Gasteiger partial charge is 0.347 e. The van der Waals surface area contributed by atoms with Crippen molar-refractivity contribution in [3.63, 3.8) is 0 Å². The van der Waals surface area contributed by atoms with E-state index >= 15 is 0 Å². The molecule has 11 heteroatoms. The first kappa shape index (κ1) is 25.3. The number of aliphatic hydroxyl groups is 1. The van der Waals surface area contributed by atoms with Crippen molar-refractivity contribution in [3.8, 4) is 0 Å². The number of esters is 3. The molecule has 0 heterocycles. The number of methoxy groups -OCH3 is 1. The number of amides is 1. The highest BCUT2D eigenvalue weighted by Crippen LogP contribution is 2.01. The van der Waals surface area contributed by atoms with Crippen LogP contribution >= 0.6 is 0 Å². The van der Waals surface area contributed by atoms with Crippen LogP contribution in [0.2, 0.25) is 5.28 Å². The van der Waals surface area contributed by atoms with Gasteiger partial charge in [-0.15, -0.1) is 0 Å². The van der Waals surface area contributed by atoms with Crippen LogP contribution in [0, 0.1) is 0 Å². The molecule has 0 bridgehead atoms. The summed E-state index contributed by atoms with van der Waals surface area (Å²) in [5.41, 5.74) is 0. The Morgan fingerprint density at radius 3 is 2.26 bits per heavy atom. The van der Waals surface area contributed by atoms with Crippen molar-refractivity contribution in [3.05, 3.63) is 0 Å². The molecule has 0 aromatic heterocycles. The summed E-state index contributed by atoms with van der Waals surface area (Å²) in [5.74, 6) is -2.56. The van der Waals surface area contributed by atoms with Crippen LogP contribution in [0.4, 0.5) is 0 Å². The van der Waals surface area contributed by atoms with Gasteiger partial charge in [0.05, 0.1) is 19.1 Å². The van der Waals surface area contributed by atoms with Gasteiger partial charge in [-0.05, 0) is 13.8 Å². The standard InChI is InChI=1S/C16H26NO9.Al.2H/c1-10(9-25-16(22)12(3)26-15(21)11(2)18)17-13(19)5-6-14(20)24-8-7-23-4;;;/h10-12,18H,1,5-9H2,2-4H3,(H,17,19);;;. The van der Waals surface area contributed by atoms with Gasteiger partial charge in [-0.1, -0.05) is 5.28 Å². The van der Waals surface area contributed by atoms with E-state index in [2.05, 4.69) is 5.32 Å². The van der Waals surface area contributed by atoms with Gasteiger partial charge in [-0.2, -0.15) is 0 Å². The SMILES string of the molecule is COCCOC(=O)CCC(=O)NC([CH2][AlH2])COC(=O)C(C)OC(=O)C(C)O. The van der Waals surface area contributed by atoms with Crippen molar-refractivity contribution < 1.29 is 43.2 Å². The van der Waals surface area contributed by atoms with Crippen LogP contribution in [0.15, 0.2) is 0 Å². The van der Waals surface area contributed by atoms with E-state index in [0.29, 0.717) is 5.28 Å². The molecule has 10 nitrogen and oxygen atoms in total. The third kappa shape index (κ3) is 12.4. The van der Waals surface area contributed by atoms with Gasteiger partial charge in [0.25, 0.3) is 0 Å². The number of rotatable bonds is 13. The third-order valence-corrected chi connectivity index (χ3v) is 4.34. The second-order valence-electron chi connectivity index (χ2n) is 5.77. The van der Waals surface area contributed by atoms with Crippen LogP contribution in [0.25, 0.3) is 0 Å². The summed E-state index contributed by atoms with van der Waals surface area (Å²) in [7, 11) is 1.49. The average Bonchev–Trinajstić information content (AvgIpc) is 2.62. The fraction of sp³-hybridized carbons (Fsp3) is 0.750. The summed E-state index contributed by atoms with van der Waals surface area (Å²) < 4.78 is 19.4. The zero-order valence-corrected chi connectivity index (χ0v) is 18.2. The van der Waals surface area contributed by atoms with E-state index < -0.39 is 36.2 Å². The van der Waals surface area contributed by atoms with E-state index in [1.165, 1.54) is 21.0 Å². The molecule has 0 aliphatic carbocycles. The Kier molecular flexibility index (Phi) is 13.5. The highest BCUT2D eigenvalue weighted by atomic mass is 27.0. The highest BCUT2D eigenvalue weighted by molar-refractivity contribution is 6.09. The zero-order valence-electron chi connectivity index (χ0n) is 16.2. The second-order valence-corrected chi connectivity index (χ2v) is 6.59. The maximum atomic E-state index is 11.9. The molecule has 0 aromatic rings. The van der Waals surface area contributed by atoms with Gasteiger partial charge in [-0.25, -0.2) is 9.59 Å². The van der Waals surface area contributed by atoms with Crippen LogP contribution in [-0.4, -0.2) is 90.4 Å². The number of aliphatic hydroxyl groups excluding tert-OH is 1. The molecule has 1 amide bonds. The van der Waals surface area contributed by atoms with Crippen molar-refractivity contribution in [2.75, 3.05) is 26.9 Å². The Morgan fingerprint density at radius 1 is 1.04 bits per heavy atom. The van der Waals surface area contributed by atoms with Crippen molar-refractivity contribution in [1.29, 1.82) is 0 Å². The van der Waals surface area contributed by atoms with Gasteiger partial charge in [0, 0.05) is 13.5 Å². The minimum absolute atomic E-state index is 0.0414. The lowest BCUT2D eigenvalue weighted by Crippen LogP contribution is -2.40. The lowest BCUT2D eigenvalue weighted by atomic mass is 10.2. The van der Waals surface area contributed by atoms with Gasteiger partial charge in [0.1, 0.15) is 19.3 Å². The molecule has 2 N–H and O–H groups in total. The lowest BCUT2D eigenvalue weighted by Gasteiger charge is -2.19. The molecule has 0 saturated heterocycles. The molecule has 0 rings (SSSR count). The average molecular weight is 405 g/mol. The molecular formula is C16H28AlNO9. The molecular weight excluding hydrogens is 377 g/mol. The summed E-state index contributed by atoms with van der Waals surface area (Å²) in [6.45, 7) is 2.89. The minimum atomic E-state index is -1.34. The molecule has 0 radical (unpaired) electrons. The fourth-order valence-corrected chi connectivity index (χ4v) is 2.15. The molecule has 3 unspecified atom stereocenters. The topological polar surface area (TPSA) is 137 Å². The fourth-order valence-electron chi connectivity index (χ4n) is 1.71. The van der Waals surface area contributed by atoms with Crippen molar-refractivity contribution >= 4 is 40.1 Å². The summed E-state index contributed by atoms with van der Waals surface area (Å²) in [6, 6.07) is -0.391. The maximum Gasteiger partial charge on any atom is 0.347 e. The number of nitrogens with one attached hydrogen (secondary N) is 1. The second kappa shape index (κ2) is 14.4. The first-order valence-electron chi connectivity index (χ1n) is 8.70. The molecule has 27 heavy (non-hydrogen) atoms. The summed E-state index contributed by atoms with van der Waals surface area (Å²) in [4.78, 5) is 46.3. The first-order valence-corrected chi connectivity index (χ1v) is 10.1. The van der Waals surface area contributed by atoms with Crippen LogP contribution in [-0.2, 0) is 38.1 Å². The molecule has 0 saturated carbocycles. The predicted octanol–water partition coefficient (Wildman–Crippen LogP) is -1.65. The Bertz CT molecular complexity index is 498. The number of carbonyl (C=O) groups excluding carboxylic acids is 4. The number of hydrogen-bond acceptors (Lipinski definition) is 9. The largest absolute Gasteiger partial charge is 0.463 e. The molecule has 0 aliphatic heterocycles. The Balaban J connectivity index is 4.18. The molecule has 0 aromatic carbocycles. The summed E-state index contributed by atoms with van der Waals surface area (Å²) >= 11 is 0.752. The van der Waals surface area contributed by atoms with Gasteiger partial charge < -0.3 is 29.4 Å². The Labute approximate surface area is 166 Å². The van der Waals surface area contributed by atoms with Gasteiger partial charge in [0.15, 0.2) is 6.10 Å². The Hall–Kier alpha value is -1.67. The maximum absolute atomic E-state index is 11.9. The lowest BCUT2D eigenvalue weighted by molar-refractivity contribution is -0.171. The van der Waals surface area contributed by atoms with Crippen molar-refractivity contribution in [1.82, 2.24) is 5.32 Å².